The predicted molar refractivity (Wildman–Crippen MR) is 93.4 cm³/mol. The molecule has 0 bridgehead atoms. The summed E-state index contributed by atoms with van der Waals surface area (Å²) in [6.45, 7) is 2.55. The lowest BCUT2D eigenvalue weighted by Crippen LogP contribution is -2.37. The van der Waals surface area contributed by atoms with E-state index in [-0.39, 0.29) is 12.5 Å². The van der Waals surface area contributed by atoms with Crippen molar-refractivity contribution in [3.8, 4) is 11.5 Å². The second-order valence-corrected chi connectivity index (χ2v) is 5.40. The second-order valence-electron chi connectivity index (χ2n) is 5.00. The lowest BCUT2D eigenvalue weighted by atomic mass is 10.2. The third-order valence-corrected chi connectivity index (χ3v) is 3.63. The first-order chi connectivity index (χ1) is 11.5. The standard InChI is InChI=1S/C16H25ClN2O5/c1-21-7-5-19(6-8-22-2)11-16(20)18-13-10-14(23-3)12(17)9-15(13)24-4/h9-10H,5-8,11H2,1-4H3,(H,18,20). The zero-order valence-corrected chi connectivity index (χ0v) is 15.3. The number of benzene rings is 1. The van der Waals surface area contributed by atoms with Crippen LogP contribution in [0.2, 0.25) is 5.02 Å². The van der Waals surface area contributed by atoms with Crippen LogP contribution in [0.25, 0.3) is 0 Å². The van der Waals surface area contributed by atoms with Crippen LogP contribution in [0.4, 0.5) is 5.69 Å². The fourth-order valence-electron chi connectivity index (χ4n) is 2.06. The molecule has 0 spiro atoms. The molecule has 1 aromatic rings. The molecule has 8 heteroatoms. The van der Waals surface area contributed by atoms with Crippen LogP contribution in [0.15, 0.2) is 12.1 Å². The van der Waals surface area contributed by atoms with Crippen LogP contribution < -0.4 is 14.8 Å². The minimum absolute atomic E-state index is 0.176. The molecule has 7 nitrogen and oxygen atoms in total. The molecule has 0 aromatic heterocycles. The fraction of sp³-hybridized carbons (Fsp3) is 0.562. The van der Waals surface area contributed by atoms with Crippen molar-refractivity contribution in [3.05, 3.63) is 17.2 Å². The second kappa shape index (κ2) is 11.1. The molecule has 0 aliphatic heterocycles. The number of anilines is 1. The topological polar surface area (TPSA) is 69.3 Å². The molecular formula is C16H25ClN2O5. The van der Waals surface area contributed by atoms with Gasteiger partial charge in [-0.1, -0.05) is 11.6 Å². The Kier molecular flexibility index (Phi) is 9.48. The Hall–Kier alpha value is -1.54. The molecule has 24 heavy (non-hydrogen) atoms. The molecule has 0 saturated heterocycles. The van der Waals surface area contributed by atoms with Gasteiger partial charge in [0.05, 0.1) is 44.7 Å². The summed E-state index contributed by atoms with van der Waals surface area (Å²) in [5, 5.41) is 3.23. The van der Waals surface area contributed by atoms with Gasteiger partial charge in [0.1, 0.15) is 11.5 Å². The van der Waals surface area contributed by atoms with E-state index in [4.69, 9.17) is 30.5 Å². The Labute approximate surface area is 147 Å². The molecular weight excluding hydrogens is 336 g/mol. The number of rotatable bonds is 11. The molecule has 0 saturated carbocycles. The number of carbonyl (C=O) groups excluding carboxylic acids is 1. The number of carbonyl (C=O) groups is 1. The van der Waals surface area contributed by atoms with E-state index < -0.39 is 0 Å². The number of hydrogen-bond acceptors (Lipinski definition) is 6. The number of amides is 1. The van der Waals surface area contributed by atoms with E-state index in [2.05, 4.69) is 5.32 Å². The summed E-state index contributed by atoms with van der Waals surface area (Å²) in [6, 6.07) is 3.23. The summed E-state index contributed by atoms with van der Waals surface area (Å²) in [7, 11) is 6.27. The molecule has 1 N–H and O–H groups in total. The van der Waals surface area contributed by atoms with Gasteiger partial charge in [-0.25, -0.2) is 0 Å². The number of ether oxygens (including phenoxy) is 4. The Morgan fingerprint density at radius 2 is 1.62 bits per heavy atom. The van der Waals surface area contributed by atoms with E-state index >= 15 is 0 Å². The van der Waals surface area contributed by atoms with Crippen molar-refractivity contribution in [1.29, 1.82) is 0 Å². The van der Waals surface area contributed by atoms with Gasteiger partial charge in [0.2, 0.25) is 5.91 Å². The first-order valence-electron chi connectivity index (χ1n) is 7.47. The van der Waals surface area contributed by atoms with Gasteiger partial charge in [0.15, 0.2) is 0 Å². The van der Waals surface area contributed by atoms with E-state index in [1.54, 1.807) is 26.4 Å². The van der Waals surface area contributed by atoms with Crippen LogP contribution in [0.5, 0.6) is 11.5 Å². The quantitative estimate of drug-likeness (QED) is 0.650. The summed E-state index contributed by atoms with van der Waals surface area (Å²) in [4.78, 5) is 14.3. The maximum atomic E-state index is 12.3. The van der Waals surface area contributed by atoms with Crippen LogP contribution in [-0.2, 0) is 14.3 Å². The number of nitrogens with one attached hydrogen (secondary N) is 1. The highest BCUT2D eigenvalue weighted by atomic mass is 35.5. The van der Waals surface area contributed by atoms with Gasteiger partial charge in [-0.2, -0.15) is 0 Å². The highest BCUT2D eigenvalue weighted by Gasteiger charge is 2.15. The molecule has 0 heterocycles. The first kappa shape index (κ1) is 20.5. The average Bonchev–Trinajstić information content (AvgIpc) is 2.58. The Balaban J connectivity index is 2.77. The largest absolute Gasteiger partial charge is 0.495 e. The van der Waals surface area contributed by atoms with E-state index in [1.165, 1.54) is 14.2 Å². The van der Waals surface area contributed by atoms with Gasteiger partial charge in [-0.3, -0.25) is 9.69 Å². The van der Waals surface area contributed by atoms with Crippen molar-refractivity contribution in [2.45, 2.75) is 0 Å². The fourth-order valence-corrected chi connectivity index (χ4v) is 2.29. The summed E-state index contributed by atoms with van der Waals surface area (Å²) >= 11 is 6.06. The SMILES string of the molecule is COCCN(CCOC)CC(=O)Nc1cc(OC)c(Cl)cc1OC. The Bertz CT molecular complexity index is 519. The van der Waals surface area contributed by atoms with Crippen LogP contribution >= 0.6 is 11.6 Å². The third-order valence-electron chi connectivity index (χ3n) is 3.34. The van der Waals surface area contributed by atoms with Crippen LogP contribution in [-0.4, -0.2) is 72.1 Å². The molecule has 136 valence electrons. The van der Waals surface area contributed by atoms with Crippen LogP contribution in [0, 0.1) is 0 Å². The molecule has 0 atom stereocenters. The monoisotopic (exact) mass is 360 g/mol. The maximum absolute atomic E-state index is 12.3. The van der Waals surface area contributed by atoms with Gasteiger partial charge in [0.25, 0.3) is 0 Å². The highest BCUT2D eigenvalue weighted by Crippen LogP contribution is 2.35. The summed E-state index contributed by atoms with van der Waals surface area (Å²) in [6.07, 6.45) is 0. The maximum Gasteiger partial charge on any atom is 0.238 e. The van der Waals surface area contributed by atoms with E-state index in [9.17, 15) is 4.79 Å². The van der Waals surface area contributed by atoms with Gasteiger partial charge >= 0.3 is 0 Å². The zero-order valence-electron chi connectivity index (χ0n) is 14.6. The molecule has 0 fully saturated rings. The minimum atomic E-state index is -0.176. The van der Waals surface area contributed by atoms with Gasteiger partial charge in [-0.15, -0.1) is 0 Å². The van der Waals surface area contributed by atoms with E-state index in [1.807, 2.05) is 4.90 Å². The van der Waals surface area contributed by atoms with E-state index in [0.717, 1.165) is 0 Å². The third kappa shape index (κ3) is 6.52. The first-order valence-corrected chi connectivity index (χ1v) is 7.85. The highest BCUT2D eigenvalue weighted by molar-refractivity contribution is 6.32. The number of halogens is 1. The average molecular weight is 361 g/mol. The number of hydrogen-bond donors (Lipinski definition) is 1. The van der Waals surface area contributed by atoms with Crippen LogP contribution in [0.3, 0.4) is 0 Å². The molecule has 0 aliphatic carbocycles. The van der Waals surface area contributed by atoms with Crippen molar-refractivity contribution >= 4 is 23.2 Å². The van der Waals surface area contributed by atoms with Crippen molar-refractivity contribution in [2.75, 3.05) is 66.6 Å². The lowest BCUT2D eigenvalue weighted by Gasteiger charge is -2.21. The normalized spacial score (nSPS) is 10.8. The van der Waals surface area contributed by atoms with Crippen LogP contribution in [0.1, 0.15) is 0 Å². The van der Waals surface area contributed by atoms with Crippen molar-refractivity contribution in [2.24, 2.45) is 0 Å². The molecule has 0 radical (unpaired) electrons. The number of methoxy groups -OCH3 is 4. The molecule has 1 rings (SSSR count). The smallest absolute Gasteiger partial charge is 0.238 e. The Morgan fingerprint density at radius 1 is 1.04 bits per heavy atom. The predicted octanol–water partition coefficient (Wildman–Crippen LogP) is 1.89. The zero-order chi connectivity index (χ0) is 17.9. The van der Waals surface area contributed by atoms with E-state index in [0.29, 0.717) is 48.5 Å². The number of nitrogens with zero attached hydrogens (tertiary/aromatic N) is 1. The molecule has 1 amide bonds. The molecule has 1 aromatic carbocycles. The minimum Gasteiger partial charge on any atom is -0.495 e. The summed E-state index contributed by atoms with van der Waals surface area (Å²) in [5.41, 5.74) is 0.502. The van der Waals surface area contributed by atoms with Crippen molar-refractivity contribution < 1.29 is 23.7 Å². The van der Waals surface area contributed by atoms with Gasteiger partial charge in [-0.05, 0) is 0 Å². The molecule has 0 unspecified atom stereocenters. The van der Waals surface area contributed by atoms with Gasteiger partial charge in [0, 0.05) is 39.4 Å². The lowest BCUT2D eigenvalue weighted by molar-refractivity contribution is -0.117. The molecule has 0 aliphatic rings. The van der Waals surface area contributed by atoms with Crippen molar-refractivity contribution in [3.63, 3.8) is 0 Å². The van der Waals surface area contributed by atoms with Crippen molar-refractivity contribution in [1.82, 2.24) is 4.90 Å². The summed E-state index contributed by atoms with van der Waals surface area (Å²) in [5.74, 6) is 0.753. The summed E-state index contributed by atoms with van der Waals surface area (Å²) < 4.78 is 20.6. The Morgan fingerprint density at radius 3 is 2.12 bits per heavy atom. The van der Waals surface area contributed by atoms with Gasteiger partial charge < -0.3 is 24.3 Å².